The molecule has 1 saturated heterocycles. The summed E-state index contributed by atoms with van der Waals surface area (Å²) in [5.41, 5.74) is 4.11. The predicted octanol–water partition coefficient (Wildman–Crippen LogP) is 5.42. The van der Waals surface area contributed by atoms with Crippen LogP contribution in [0.5, 0.6) is 5.75 Å². The number of benzene rings is 3. The number of para-hydroxylation sites is 1. The third-order valence-corrected chi connectivity index (χ3v) is 6.28. The number of amides is 2. The Hall–Kier alpha value is -3.25. The van der Waals surface area contributed by atoms with Gasteiger partial charge in [0.25, 0.3) is 5.91 Å². The lowest BCUT2D eigenvalue weighted by atomic mass is 10.1. The average molecular weight is 433 g/mol. The van der Waals surface area contributed by atoms with E-state index in [4.69, 9.17) is 4.74 Å². The topological polar surface area (TPSA) is 58.6 Å². The highest BCUT2D eigenvalue weighted by atomic mass is 32.2. The van der Waals surface area contributed by atoms with Crippen LogP contribution in [-0.4, -0.2) is 24.2 Å². The van der Waals surface area contributed by atoms with Gasteiger partial charge in [0.1, 0.15) is 11.1 Å². The molecule has 0 spiro atoms. The maximum absolute atomic E-state index is 12.8. The first-order valence-corrected chi connectivity index (χ1v) is 11.2. The Morgan fingerprint density at radius 1 is 1.06 bits per heavy atom. The molecule has 0 saturated carbocycles. The number of nitrogens with one attached hydrogen (secondary N) is 1. The van der Waals surface area contributed by atoms with E-state index in [0.29, 0.717) is 23.6 Å². The average Bonchev–Trinajstić information content (AvgIpc) is 3.16. The third kappa shape index (κ3) is 4.59. The molecule has 0 aliphatic carbocycles. The smallest absolute Gasteiger partial charge is 0.255 e. The Labute approximate surface area is 186 Å². The van der Waals surface area contributed by atoms with E-state index < -0.39 is 0 Å². The van der Waals surface area contributed by atoms with Crippen molar-refractivity contribution in [2.45, 2.75) is 19.2 Å². The largest absolute Gasteiger partial charge is 0.494 e. The minimum atomic E-state index is -0.222. The number of hydrogen-bond donors (Lipinski definition) is 1. The molecule has 1 unspecified atom stereocenters. The molecule has 1 aliphatic rings. The number of thioether (sulfide) groups is 1. The fourth-order valence-electron chi connectivity index (χ4n) is 3.53. The van der Waals surface area contributed by atoms with E-state index in [1.165, 1.54) is 0 Å². The van der Waals surface area contributed by atoms with Gasteiger partial charge in [0.2, 0.25) is 5.91 Å². The summed E-state index contributed by atoms with van der Waals surface area (Å²) in [5, 5.41) is 2.80. The number of hydrogen-bond acceptors (Lipinski definition) is 4. The lowest BCUT2D eigenvalue weighted by Gasteiger charge is -2.26. The predicted molar refractivity (Wildman–Crippen MR) is 126 cm³/mol. The molecule has 2 amide bonds. The van der Waals surface area contributed by atoms with Crippen LogP contribution in [0.25, 0.3) is 0 Å². The molecule has 4 rings (SSSR count). The number of rotatable bonds is 6. The molecule has 0 aromatic heterocycles. The molecule has 1 atom stereocenters. The number of anilines is 2. The van der Waals surface area contributed by atoms with Crippen molar-refractivity contribution in [3.05, 3.63) is 89.5 Å². The molecule has 5 nitrogen and oxygen atoms in total. The van der Waals surface area contributed by atoms with Crippen molar-refractivity contribution in [2.75, 3.05) is 22.6 Å². The van der Waals surface area contributed by atoms with Crippen molar-refractivity contribution in [2.24, 2.45) is 0 Å². The van der Waals surface area contributed by atoms with Crippen molar-refractivity contribution in [3.63, 3.8) is 0 Å². The van der Waals surface area contributed by atoms with Gasteiger partial charge in [-0.3, -0.25) is 14.5 Å². The third-order valence-electron chi connectivity index (χ3n) is 5.08. The van der Waals surface area contributed by atoms with E-state index >= 15 is 0 Å². The summed E-state index contributed by atoms with van der Waals surface area (Å²) in [6, 6.07) is 22.6. The first kappa shape index (κ1) is 21.0. The number of aryl methyl sites for hydroxylation is 1. The highest BCUT2D eigenvalue weighted by Crippen LogP contribution is 2.44. The first-order chi connectivity index (χ1) is 15.1. The minimum absolute atomic E-state index is 0.0406. The van der Waals surface area contributed by atoms with E-state index in [2.05, 4.69) is 5.32 Å². The normalized spacial score (nSPS) is 15.7. The van der Waals surface area contributed by atoms with Crippen LogP contribution in [0.3, 0.4) is 0 Å². The summed E-state index contributed by atoms with van der Waals surface area (Å²) >= 11 is 1.55. The molecule has 1 N–H and O–H groups in total. The van der Waals surface area contributed by atoms with Gasteiger partial charge in [-0.1, -0.05) is 35.9 Å². The summed E-state index contributed by atoms with van der Waals surface area (Å²) < 4.78 is 5.52. The van der Waals surface area contributed by atoms with Crippen molar-refractivity contribution in [3.8, 4) is 5.75 Å². The van der Waals surface area contributed by atoms with Crippen LogP contribution in [-0.2, 0) is 4.79 Å². The van der Waals surface area contributed by atoms with Crippen molar-refractivity contribution >= 4 is 35.0 Å². The Balaban J connectivity index is 1.61. The maximum atomic E-state index is 12.8. The first-order valence-electron chi connectivity index (χ1n) is 10.2. The van der Waals surface area contributed by atoms with E-state index in [-0.39, 0.29) is 17.2 Å². The van der Waals surface area contributed by atoms with Crippen molar-refractivity contribution < 1.29 is 14.3 Å². The second-order valence-electron chi connectivity index (χ2n) is 7.26. The Bertz CT molecular complexity index is 1080. The van der Waals surface area contributed by atoms with Crippen LogP contribution >= 0.6 is 11.8 Å². The van der Waals surface area contributed by atoms with Crippen molar-refractivity contribution in [1.82, 2.24) is 0 Å². The van der Waals surface area contributed by atoms with Crippen LogP contribution in [0.2, 0.25) is 0 Å². The van der Waals surface area contributed by atoms with E-state index in [0.717, 1.165) is 22.6 Å². The number of carbonyl (C=O) groups is 2. The van der Waals surface area contributed by atoms with E-state index in [1.54, 1.807) is 16.7 Å². The Kier molecular flexibility index (Phi) is 6.28. The van der Waals surface area contributed by atoms with Gasteiger partial charge in [0.15, 0.2) is 0 Å². The molecule has 1 aliphatic heterocycles. The number of ether oxygens (including phenoxy) is 1. The second-order valence-corrected chi connectivity index (χ2v) is 8.33. The molecule has 31 heavy (non-hydrogen) atoms. The van der Waals surface area contributed by atoms with Gasteiger partial charge in [-0.05, 0) is 56.3 Å². The maximum Gasteiger partial charge on any atom is 0.255 e. The van der Waals surface area contributed by atoms with Crippen LogP contribution < -0.4 is 15.0 Å². The van der Waals surface area contributed by atoms with Crippen molar-refractivity contribution in [1.29, 1.82) is 0 Å². The zero-order valence-electron chi connectivity index (χ0n) is 17.5. The molecular weight excluding hydrogens is 408 g/mol. The van der Waals surface area contributed by atoms with Crippen LogP contribution in [0.15, 0.2) is 72.8 Å². The van der Waals surface area contributed by atoms with Gasteiger partial charge in [-0.2, -0.15) is 0 Å². The number of nitrogens with zero attached hydrogens (tertiary/aromatic N) is 1. The SMILES string of the molecule is CCOc1ccc(N2C(=O)CSC2c2ccccc2NC(=O)c2ccc(C)cc2)cc1. The standard InChI is InChI=1S/C25H24N2O3S/c1-3-30-20-14-12-19(13-15-20)27-23(28)16-31-25(27)21-6-4-5-7-22(21)26-24(29)18-10-8-17(2)9-11-18/h4-15,25H,3,16H2,1-2H3,(H,26,29). The lowest BCUT2D eigenvalue weighted by molar-refractivity contribution is -0.115. The molecule has 0 bridgehead atoms. The van der Waals surface area contributed by atoms with E-state index in [1.807, 2.05) is 86.6 Å². The number of carbonyl (C=O) groups excluding carboxylic acids is 2. The highest BCUT2D eigenvalue weighted by Gasteiger charge is 2.35. The quantitative estimate of drug-likeness (QED) is 0.565. The molecule has 1 fully saturated rings. The summed E-state index contributed by atoms with van der Waals surface area (Å²) in [7, 11) is 0. The molecule has 6 heteroatoms. The summed E-state index contributed by atoms with van der Waals surface area (Å²) in [6.07, 6.45) is 0. The minimum Gasteiger partial charge on any atom is -0.494 e. The van der Waals surface area contributed by atoms with Gasteiger partial charge in [-0.15, -0.1) is 11.8 Å². The summed E-state index contributed by atoms with van der Waals surface area (Å²) in [4.78, 5) is 27.3. The van der Waals surface area contributed by atoms with Gasteiger partial charge in [0.05, 0.1) is 12.4 Å². The molecule has 3 aromatic carbocycles. The molecule has 0 radical (unpaired) electrons. The Morgan fingerprint density at radius 3 is 2.48 bits per heavy atom. The second kappa shape index (κ2) is 9.27. The summed E-state index contributed by atoms with van der Waals surface area (Å²) in [6.45, 7) is 4.52. The molecule has 158 valence electrons. The fourth-order valence-corrected chi connectivity index (χ4v) is 4.74. The Morgan fingerprint density at radius 2 is 1.77 bits per heavy atom. The van der Waals surface area contributed by atoms with E-state index in [9.17, 15) is 9.59 Å². The van der Waals surface area contributed by atoms with Crippen LogP contribution in [0, 0.1) is 6.92 Å². The monoisotopic (exact) mass is 432 g/mol. The zero-order valence-corrected chi connectivity index (χ0v) is 18.3. The summed E-state index contributed by atoms with van der Waals surface area (Å²) in [5.74, 6) is 1.03. The molecular formula is C25H24N2O3S. The lowest BCUT2D eigenvalue weighted by Crippen LogP contribution is -2.28. The van der Waals surface area contributed by atoms with Gasteiger partial charge in [-0.25, -0.2) is 0 Å². The van der Waals surface area contributed by atoms with Crippen LogP contribution in [0.4, 0.5) is 11.4 Å². The van der Waals surface area contributed by atoms with Gasteiger partial charge < -0.3 is 10.1 Å². The van der Waals surface area contributed by atoms with Gasteiger partial charge >= 0.3 is 0 Å². The zero-order chi connectivity index (χ0) is 21.8. The van der Waals surface area contributed by atoms with Gasteiger partial charge in [0, 0.05) is 22.5 Å². The van der Waals surface area contributed by atoms with Crippen LogP contribution in [0.1, 0.15) is 33.8 Å². The fraction of sp³-hybridized carbons (Fsp3) is 0.200. The highest BCUT2D eigenvalue weighted by molar-refractivity contribution is 8.00. The molecule has 3 aromatic rings. The molecule has 1 heterocycles.